The Hall–Kier alpha value is -1.53. The first-order valence-electron chi connectivity index (χ1n) is 8.81. The molecule has 1 saturated heterocycles. The van der Waals surface area contributed by atoms with Crippen LogP contribution >= 0.6 is 0 Å². The quantitative estimate of drug-likeness (QED) is 0.643. The minimum absolute atomic E-state index is 1.37. The standard InChI is InChI=1S/C20H30N2Si2/c1-15-9-16(2)12-19(11-15)21-23(5,6)22(24(21,7)8)20-13-17(3)10-18(4)14-20/h9-14H,1-8H3. The van der Waals surface area contributed by atoms with Crippen LogP contribution in [0.5, 0.6) is 0 Å². The van der Waals surface area contributed by atoms with Crippen molar-refractivity contribution < 1.29 is 0 Å². The molecule has 0 atom stereocenters. The first-order valence-corrected chi connectivity index (χ1v) is 14.6. The van der Waals surface area contributed by atoms with Crippen LogP contribution in [0, 0.1) is 27.7 Å². The van der Waals surface area contributed by atoms with Gasteiger partial charge < -0.3 is 8.46 Å². The van der Waals surface area contributed by atoms with Gasteiger partial charge in [0.1, 0.15) is 0 Å². The SMILES string of the molecule is Cc1cc(C)cc(N2[Si](C)(C)N(c3cc(C)cc(C)c3)[Si]2(C)C)c1. The monoisotopic (exact) mass is 354 g/mol. The molecule has 0 spiro atoms. The van der Waals surface area contributed by atoms with Gasteiger partial charge in [0.05, 0.1) is 0 Å². The fraction of sp³-hybridized carbons (Fsp3) is 0.400. The first kappa shape index (κ1) is 17.3. The summed E-state index contributed by atoms with van der Waals surface area (Å²) in [6.45, 7) is 18.8. The molecule has 24 heavy (non-hydrogen) atoms. The number of anilines is 2. The highest BCUT2D eigenvalue weighted by molar-refractivity contribution is 7.20. The molecule has 1 aliphatic heterocycles. The van der Waals surface area contributed by atoms with Gasteiger partial charge in [0.15, 0.2) is 0 Å². The number of rotatable bonds is 2. The van der Waals surface area contributed by atoms with Gasteiger partial charge in [-0.25, -0.2) is 0 Å². The molecule has 0 saturated carbocycles. The maximum absolute atomic E-state index is 2.82. The predicted molar refractivity (Wildman–Crippen MR) is 112 cm³/mol. The average Bonchev–Trinajstić information content (AvgIpc) is 2.33. The van der Waals surface area contributed by atoms with Crippen LogP contribution in [0.15, 0.2) is 36.4 Å². The number of hydrogen-bond donors (Lipinski definition) is 0. The lowest BCUT2D eigenvalue weighted by Gasteiger charge is -2.69. The van der Waals surface area contributed by atoms with Crippen LogP contribution in [0.4, 0.5) is 11.4 Å². The van der Waals surface area contributed by atoms with Crippen molar-refractivity contribution in [1.82, 2.24) is 0 Å². The van der Waals surface area contributed by atoms with Crippen molar-refractivity contribution in [3.63, 3.8) is 0 Å². The number of hydrogen-bond acceptors (Lipinski definition) is 2. The highest BCUT2D eigenvalue weighted by Gasteiger charge is 2.61. The highest BCUT2D eigenvalue weighted by atomic mass is 28.5. The molecule has 0 amide bonds. The molecule has 3 rings (SSSR count). The maximum Gasteiger partial charge on any atom is 0.244 e. The fourth-order valence-electron chi connectivity index (χ4n) is 4.92. The number of aryl methyl sites for hydroxylation is 4. The predicted octanol–water partition coefficient (Wildman–Crippen LogP) is 5.65. The van der Waals surface area contributed by atoms with E-state index in [1.165, 1.54) is 33.6 Å². The lowest BCUT2D eigenvalue weighted by molar-refractivity contribution is 1.14. The third-order valence-electron chi connectivity index (χ3n) is 5.12. The van der Waals surface area contributed by atoms with Crippen LogP contribution in [-0.4, -0.2) is 16.8 Å². The molecule has 2 aromatic rings. The zero-order valence-corrected chi connectivity index (χ0v) is 18.4. The zero-order chi connectivity index (χ0) is 17.9. The average molecular weight is 355 g/mol. The van der Waals surface area contributed by atoms with Gasteiger partial charge in [-0.2, -0.15) is 0 Å². The van der Waals surface area contributed by atoms with Crippen molar-refractivity contribution in [2.45, 2.75) is 53.9 Å². The Labute approximate surface area is 149 Å². The van der Waals surface area contributed by atoms with Crippen LogP contribution in [0.3, 0.4) is 0 Å². The summed E-state index contributed by atoms with van der Waals surface area (Å²) in [5, 5.41) is 0. The Morgan fingerprint density at radius 1 is 0.500 bits per heavy atom. The molecule has 0 unspecified atom stereocenters. The fourth-order valence-corrected chi connectivity index (χ4v) is 19.6. The van der Waals surface area contributed by atoms with Crippen LogP contribution in [0.25, 0.3) is 0 Å². The minimum atomic E-state index is -1.69. The van der Waals surface area contributed by atoms with E-state index in [1.807, 2.05) is 0 Å². The van der Waals surface area contributed by atoms with E-state index in [4.69, 9.17) is 0 Å². The molecule has 1 heterocycles. The van der Waals surface area contributed by atoms with E-state index >= 15 is 0 Å². The Morgan fingerprint density at radius 2 is 0.750 bits per heavy atom. The van der Waals surface area contributed by atoms with Gasteiger partial charge in [0, 0.05) is 11.4 Å². The van der Waals surface area contributed by atoms with E-state index in [0.29, 0.717) is 0 Å². The zero-order valence-electron chi connectivity index (χ0n) is 16.4. The van der Waals surface area contributed by atoms with E-state index in [0.717, 1.165) is 0 Å². The van der Waals surface area contributed by atoms with Crippen molar-refractivity contribution in [2.24, 2.45) is 0 Å². The minimum Gasteiger partial charge on any atom is -0.393 e. The molecule has 0 N–H and O–H groups in total. The third-order valence-corrected chi connectivity index (χ3v) is 17.1. The van der Waals surface area contributed by atoms with Crippen LogP contribution in [-0.2, 0) is 0 Å². The summed E-state index contributed by atoms with van der Waals surface area (Å²) in [6.07, 6.45) is 0. The highest BCUT2D eigenvalue weighted by Crippen LogP contribution is 2.46. The van der Waals surface area contributed by atoms with E-state index in [-0.39, 0.29) is 0 Å². The summed E-state index contributed by atoms with van der Waals surface area (Å²) >= 11 is 0. The molecule has 0 aliphatic carbocycles. The Morgan fingerprint density at radius 3 is 1.00 bits per heavy atom. The molecule has 0 bridgehead atoms. The van der Waals surface area contributed by atoms with E-state index in [2.05, 4.69) is 98.7 Å². The summed E-state index contributed by atoms with van der Waals surface area (Å²) in [6, 6.07) is 14.0. The maximum atomic E-state index is 2.82. The van der Waals surface area contributed by atoms with E-state index in [1.54, 1.807) is 0 Å². The van der Waals surface area contributed by atoms with E-state index < -0.39 is 16.8 Å². The lowest BCUT2D eigenvalue weighted by atomic mass is 10.1. The van der Waals surface area contributed by atoms with Gasteiger partial charge in [0.25, 0.3) is 0 Å². The first-order chi connectivity index (χ1) is 11.0. The molecule has 2 aromatic carbocycles. The number of nitrogens with zero attached hydrogens (tertiary/aromatic N) is 2. The molecule has 128 valence electrons. The second-order valence-corrected chi connectivity index (χ2v) is 17.0. The third kappa shape index (κ3) is 2.62. The molecule has 4 heteroatoms. The van der Waals surface area contributed by atoms with Crippen molar-refractivity contribution in [1.29, 1.82) is 0 Å². The molecule has 2 nitrogen and oxygen atoms in total. The van der Waals surface area contributed by atoms with Crippen molar-refractivity contribution >= 4 is 28.2 Å². The van der Waals surface area contributed by atoms with Gasteiger partial charge in [-0.3, -0.25) is 0 Å². The van der Waals surface area contributed by atoms with Crippen LogP contribution in [0.1, 0.15) is 22.3 Å². The molecular weight excluding hydrogens is 324 g/mol. The second kappa shape index (κ2) is 5.49. The second-order valence-electron chi connectivity index (χ2n) is 8.35. The van der Waals surface area contributed by atoms with Gasteiger partial charge in [-0.05, 0) is 100 Å². The number of benzene rings is 2. The van der Waals surface area contributed by atoms with Gasteiger partial charge >= 0.3 is 0 Å². The van der Waals surface area contributed by atoms with Crippen LogP contribution in [0.2, 0.25) is 26.2 Å². The molecule has 1 fully saturated rings. The molecule has 0 radical (unpaired) electrons. The van der Waals surface area contributed by atoms with Gasteiger partial charge in [-0.15, -0.1) is 0 Å². The van der Waals surface area contributed by atoms with E-state index in [9.17, 15) is 0 Å². The Bertz CT molecular complexity index is 676. The molecule has 0 aromatic heterocycles. The van der Waals surface area contributed by atoms with Crippen molar-refractivity contribution in [3.05, 3.63) is 58.7 Å². The summed E-state index contributed by atoms with van der Waals surface area (Å²) in [4.78, 5) is 0. The molecular formula is C20H30N2Si2. The lowest BCUT2D eigenvalue weighted by Crippen LogP contribution is -2.91. The van der Waals surface area contributed by atoms with Crippen LogP contribution < -0.4 is 8.46 Å². The Kier molecular flexibility index (Phi) is 3.96. The summed E-state index contributed by atoms with van der Waals surface area (Å²) < 4.78 is 5.63. The topological polar surface area (TPSA) is 6.48 Å². The van der Waals surface area contributed by atoms with Gasteiger partial charge in [0.2, 0.25) is 16.8 Å². The van der Waals surface area contributed by atoms with Crippen molar-refractivity contribution in [3.8, 4) is 0 Å². The summed E-state index contributed by atoms with van der Waals surface area (Å²) in [5.74, 6) is 0. The van der Waals surface area contributed by atoms with Gasteiger partial charge in [-0.1, -0.05) is 12.1 Å². The normalized spacial score (nSPS) is 18.5. The smallest absolute Gasteiger partial charge is 0.244 e. The summed E-state index contributed by atoms with van der Waals surface area (Å²) in [5.41, 5.74) is 8.32. The van der Waals surface area contributed by atoms with Crippen molar-refractivity contribution in [2.75, 3.05) is 8.46 Å². The largest absolute Gasteiger partial charge is 0.393 e. The molecule has 1 aliphatic rings. The Balaban J connectivity index is 2.07. The summed E-state index contributed by atoms with van der Waals surface area (Å²) in [7, 11) is -3.38.